The zero-order chi connectivity index (χ0) is 19.5. The van der Waals surface area contributed by atoms with Gasteiger partial charge in [0.15, 0.2) is 6.61 Å². The summed E-state index contributed by atoms with van der Waals surface area (Å²) in [5.74, 6) is -1.40. The molecule has 0 aliphatic rings. The normalized spacial score (nSPS) is 11.2. The van der Waals surface area contributed by atoms with Crippen LogP contribution in [0.25, 0.3) is 0 Å². The summed E-state index contributed by atoms with van der Waals surface area (Å²) in [5.41, 5.74) is 2.54. The van der Waals surface area contributed by atoms with Crippen LogP contribution in [0.15, 0.2) is 36.4 Å². The number of esters is 1. The zero-order valence-corrected chi connectivity index (χ0v) is 14.5. The Balaban J connectivity index is 1.96. The molecule has 0 fully saturated rings. The third-order valence-electron chi connectivity index (χ3n) is 3.72. The van der Waals surface area contributed by atoms with Gasteiger partial charge in [-0.1, -0.05) is 17.7 Å². The molecule has 7 heteroatoms. The largest absolute Gasteiger partial charge is 0.452 e. The molecule has 2 aromatic carbocycles. The van der Waals surface area contributed by atoms with Crippen LogP contribution in [-0.2, 0) is 15.7 Å². The highest BCUT2D eigenvalue weighted by Crippen LogP contribution is 2.29. The van der Waals surface area contributed by atoms with Gasteiger partial charge in [0.25, 0.3) is 5.91 Å². The van der Waals surface area contributed by atoms with Crippen LogP contribution in [0.3, 0.4) is 0 Å². The van der Waals surface area contributed by atoms with E-state index in [9.17, 15) is 22.8 Å². The number of ether oxygens (including phenoxy) is 1. The monoisotopic (exact) mass is 365 g/mol. The van der Waals surface area contributed by atoms with E-state index in [-0.39, 0.29) is 5.56 Å². The third kappa shape index (κ3) is 4.84. The average Bonchev–Trinajstić information content (AvgIpc) is 2.55. The van der Waals surface area contributed by atoms with Crippen LogP contribution in [-0.4, -0.2) is 18.5 Å². The quantitative estimate of drug-likeness (QED) is 0.816. The molecule has 2 rings (SSSR count). The minimum Gasteiger partial charge on any atom is -0.452 e. The van der Waals surface area contributed by atoms with Gasteiger partial charge < -0.3 is 10.1 Å². The highest BCUT2D eigenvalue weighted by Gasteiger charge is 2.30. The van der Waals surface area contributed by atoms with Gasteiger partial charge >= 0.3 is 12.1 Å². The lowest BCUT2D eigenvalue weighted by Crippen LogP contribution is -2.22. The van der Waals surface area contributed by atoms with E-state index >= 15 is 0 Å². The van der Waals surface area contributed by atoms with Crippen LogP contribution in [0.2, 0.25) is 0 Å². The second-order valence-corrected chi connectivity index (χ2v) is 5.97. The first kappa shape index (κ1) is 19.5. The van der Waals surface area contributed by atoms with Gasteiger partial charge in [-0.15, -0.1) is 0 Å². The van der Waals surface area contributed by atoms with E-state index in [0.717, 1.165) is 41.0 Å². The van der Waals surface area contributed by atoms with Gasteiger partial charge in [0.2, 0.25) is 0 Å². The summed E-state index contributed by atoms with van der Waals surface area (Å²) in [5, 5.41) is 2.68. The Morgan fingerprint density at radius 1 is 1.00 bits per heavy atom. The summed E-state index contributed by atoms with van der Waals surface area (Å²) in [7, 11) is 0. The Hall–Kier alpha value is -2.83. The molecule has 0 bridgehead atoms. The number of rotatable bonds is 4. The fourth-order valence-electron chi connectivity index (χ4n) is 2.56. The summed E-state index contributed by atoms with van der Waals surface area (Å²) in [4.78, 5) is 23.8. The lowest BCUT2D eigenvalue weighted by molar-refractivity contribution is -0.137. The summed E-state index contributed by atoms with van der Waals surface area (Å²) in [6.45, 7) is 5.11. The Kier molecular flexibility index (Phi) is 5.69. The molecule has 0 saturated carbocycles. The van der Waals surface area contributed by atoms with E-state index in [2.05, 4.69) is 5.32 Å². The van der Waals surface area contributed by atoms with Crippen LogP contribution in [0.5, 0.6) is 0 Å². The molecule has 0 spiro atoms. The maximum atomic E-state index is 12.5. The van der Waals surface area contributed by atoms with Crippen molar-refractivity contribution in [2.75, 3.05) is 11.9 Å². The number of halogens is 3. The maximum absolute atomic E-state index is 12.5. The third-order valence-corrected chi connectivity index (χ3v) is 3.72. The topological polar surface area (TPSA) is 55.4 Å². The second-order valence-electron chi connectivity index (χ2n) is 5.97. The van der Waals surface area contributed by atoms with Crippen LogP contribution >= 0.6 is 0 Å². The maximum Gasteiger partial charge on any atom is 0.416 e. The molecule has 0 saturated heterocycles. The van der Waals surface area contributed by atoms with Crippen molar-refractivity contribution in [2.45, 2.75) is 26.9 Å². The first-order valence-electron chi connectivity index (χ1n) is 7.80. The minimum absolute atomic E-state index is 0.0616. The average molecular weight is 365 g/mol. The number of amides is 1. The number of hydrogen-bond acceptors (Lipinski definition) is 3. The van der Waals surface area contributed by atoms with E-state index in [1.165, 1.54) is 0 Å². The molecule has 0 aromatic heterocycles. The molecule has 2 aromatic rings. The SMILES string of the molecule is Cc1cc(C)c(NC(=O)COC(=O)c2ccc(C(F)(F)F)cc2)c(C)c1. The van der Waals surface area contributed by atoms with Crippen molar-refractivity contribution >= 4 is 17.6 Å². The molecular formula is C19H18F3NO3. The first-order chi connectivity index (χ1) is 12.1. The highest BCUT2D eigenvalue weighted by atomic mass is 19.4. The fourth-order valence-corrected chi connectivity index (χ4v) is 2.56. The van der Waals surface area contributed by atoms with Crippen LogP contribution in [0, 0.1) is 20.8 Å². The standard InChI is InChI=1S/C19H18F3NO3/c1-11-8-12(2)17(13(3)9-11)23-16(24)10-26-18(25)14-4-6-15(7-5-14)19(20,21)22/h4-9H,10H2,1-3H3,(H,23,24). The number of carbonyl (C=O) groups excluding carboxylic acids is 2. The highest BCUT2D eigenvalue weighted by molar-refractivity contribution is 5.96. The number of nitrogens with one attached hydrogen (secondary N) is 1. The van der Waals surface area contributed by atoms with Crippen molar-refractivity contribution in [3.63, 3.8) is 0 Å². The van der Waals surface area contributed by atoms with E-state index in [4.69, 9.17) is 4.74 Å². The fraction of sp³-hybridized carbons (Fsp3) is 0.263. The lowest BCUT2D eigenvalue weighted by Gasteiger charge is -2.13. The number of carbonyl (C=O) groups is 2. The van der Waals surface area contributed by atoms with Gasteiger partial charge in [-0.05, 0) is 56.2 Å². The van der Waals surface area contributed by atoms with Crippen LogP contribution in [0.4, 0.5) is 18.9 Å². The summed E-state index contributed by atoms with van der Waals surface area (Å²) in [6.07, 6.45) is -4.48. The number of aryl methyl sites for hydroxylation is 3. The van der Waals surface area contributed by atoms with E-state index in [0.29, 0.717) is 5.69 Å². The molecule has 4 nitrogen and oxygen atoms in total. The Morgan fingerprint density at radius 3 is 2.04 bits per heavy atom. The van der Waals surface area contributed by atoms with Gasteiger partial charge in [0.1, 0.15) is 0 Å². The molecule has 0 radical (unpaired) electrons. The van der Waals surface area contributed by atoms with E-state index in [1.54, 1.807) is 0 Å². The molecule has 1 amide bonds. The number of anilines is 1. The molecule has 26 heavy (non-hydrogen) atoms. The molecule has 0 atom stereocenters. The summed E-state index contributed by atoms with van der Waals surface area (Å²) >= 11 is 0. The molecule has 1 N–H and O–H groups in total. The number of benzene rings is 2. The Morgan fingerprint density at radius 2 is 1.54 bits per heavy atom. The Labute approximate surface area is 149 Å². The Bertz CT molecular complexity index is 804. The molecular weight excluding hydrogens is 347 g/mol. The molecule has 0 heterocycles. The smallest absolute Gasteiger partial charge is 0.416 e. The van der Waals surface area contributed by atoms with Crippen molar-refractivity contribution in [3.8, 4) is 0 Å². The van der Waals surface area contributed by atoms with Gasteiger partial charge in [-0.25, -0.2) is 4.79 Å². The van der Waals surface area contributed by atoms with E-state index in [1.807, 2.05) is 32.9 Å². The number of alkyl halides is 3. The summed E-state index contributed by atoms with van der Waals surface area (Å²) in [6, 6.07) is 7.42. The molecule has 0 aliphatic carbocycles. The van der Waals surface area contributed by atoms with Crippen molar-refractivity contribution in [2.24, 2.45) is 0 Å². The zero-order valence-electron chi connectivity index (χ0n) is 14.5. The van der Waals surface area contributed by atoms with Gasteiger partial charge in [0, 0.05) is 5.69 Å². The van der Waals surface area contributed by atoms with Crippen molar-refractivity contribution < 1.29 is 27.5 Å². The van der Waals surface area contributed by atoms with Gasteiger partial charge in [0.05, 0.1) is 11.1 Å². The van der Waals surface area contributed by atoms with Crippen molar-refractivity contribution in [3.05, 3.63) is 64.2 Å². The van der Waals surface area contributed by atoms with Crippen LogP contribution in [0.1, 0.15) is 32.6 Å². The van der Waals surface area contributed by atoms with Gasteiger partial charge in [-0.3, -0.25) is 4.79 Å². The predicted octanol–water partition coefficient (Wildman–Crippen LogP) is 4.43. The lowest BCUT2D eigenvalue weighted by atomic mass is 10.1. The molecule has 0 aliphatic heterocycles. The van der Waals surface area contributed by atoms with Crippen molar-refractivity contribution in [1.82, 2.24) is 0 Å². The minimum atomic E-state index is -4.48. The molecule has 0 unspecified atom stereocenters. The number of hydrogen-bond donors (Lipinski definition) is 1. The van der Waals surface area contributed by atoms with Crippen LogP contribution < -0.4 is 5.32 Å². The first-order valence-corrected chi connectivity index (χ1v) is 7.80. The van der Waals surface area contributed by atoms with Crippen molar-refractivity contribution in [1.29, 1.82) is 0 Å². The predicted molar refractivity (Wildman–Crippen MR) is 91.0 cm³/mol. The summed E-state index contributed by atoms with van der Waals surface area (Å²) < 4.78 is 42.4. The second kappa shape index (κ2) is 7.59. The van der Waals surface area contributed by atoms with E-state index < -0.39 is 30.2 Å². The van der Waals surface area contributed by atoms with Gasteiger partial charge in [-0.2, -0.15) is 13.2 Å². The molecule has 138 valence electrons.